The van der Waals surface area contributed by atoms with Crippen molar-refractivity contribution in [1.29, 1.82) is 0 Å². The summed E-state index contributed by atoms with van der Waals surface area (Å²) >= 11 is 0. The Balaban J connectivity index is 0.000000527. The molecule has 0 heterocycles. The van der Waals surface area contributed by atoms with E-state index in [4.69, 9.17) is 5.73 Å². The van der Waals surface area contributed by atoms with Crippen LogP contribution in [0.15, 0.2) is 127 Å². The van der Waals surface area contributed by atoms with E-state index in [-0.39, 0.29) is 51.9 Å². The summed E-state index contributed by atoms with van der Waals surface area (Å²) in [5, 5.41) is 5.46. The van der Waals surface area contributed by atoms with Crippen molar-refractivity contribution in [2.24, 2.45) is 0 Å². The summed E-state index contributed by atoms with van der Waals surface area (Å²) in [7, 11) is 0.777. The molecule has 0 unspecified atom stereocenters. The minimum Gasteiger partial charge on any atom is -1.00 e. The van der Waals surface area contributed by atoms with Gasteiger partial charge >= 0.3 is 21.7 Å². The molecule has 0 aromatic heterocycles. The second kappa shape index (κ2) is 17.9. The third-order valence-corrected chi connectivity index (χ3v) is 6.62. The molecule has 1 N–H and O–H groups in total. The molecule has 1 amide bonds. The summed E-state index contributed by atoms with van der Waals surface area (Å²) in [6.45, 7) is 6.25. The first-order valence-corrected chi connectivity index (χ1v) is 12.7. The van der Waals surface area contributed by atoms with Gasteiger partial charge < -0.3 is 35.3 Å². The van der Waals surface area contributed by atoms with Crippen LogP contribution in [0, 0.1) is 0 Å². The predicted molar refractivity (Wildman–Crippen MR) is 151 cm³/mol. The van der Waals surface area contributed by atoms with Crippen molar-refractivity contribution in [2.45, 2.75) is 26.2 Å². The maximum Gasteiger partial charge on any atom is 4.00 e. The van der Waals surface area contributed by atoms with Gasteiger partial charge in [-0.2, -0.15) is 17.5 Å². The number of carbonyl (C=O) groups excluding carboxylic acids is 1. The molecule has 0 aliphatic heterocycles. The number of benzene rings is 4. The van der Waals surface area contributed by atoms with Crippen LogP contribution < -0.4 is 35.2 Å². The average molecular weight is 592 g/mol. The Morgan fingerprint density at radius 2 is 1.24 bits per heavy atom. The van der Waals surface area contributed by atoms with Gasteiger partial charge in [0, 0.05) is 0 Å². The van der Waals surface area contributed by atoms with Crippen molar-refractivity contribution in [2.75, 3.05) is 0 Å². The maximum atomic E-state index is 10.8. The average Bonchev–Trinajstić information content (AvgIpc) is 3.35. The molecule has 0 aliphatic rings. The molecule has 2 nitrogen and oxygen atoms in total. The normalized spacial score (nSPS) is 9.66. The van der Waals surface area contributed by atoms with Crippen molar-refractivity contribution in [3.05, 3.63) is 144 Å². The van der Waals surface area contributed by atoms with Crippen LogP contribution in [0.2, 0.25) is 0 Å². The third kappa shape index (κ3) is 11.9. The number of hydrogen-bond acceptors (Lipinski definition) is 1. The van der Waals surface area contributed by atoms with Crippen molar-refractivity contribution < 1.29 is 51.3 Å². The zero-order valence-corrected chi connectivity index (χ0v) is 25.9. The molecule has 0 bridgehead atoms. The minimum atomic E-state index is -0.619. The fourth-order valence-electron chi connectivity index (χ4n) is 3.41. The van der Waals surface area contributed by atoms with Gasteiger partial charge in [-0.3, -0.25) is 0 Å². The molecule has 0 fully saturated rings. The number of fused-ring (bicyclic) bond motifs is 1. The number of halogens is 2. The smallest absolute Gasteiger partial charge is 1.00 e. The van der Waals surface area contributed by atoms with Gasteiger partial charge in [0.15, 0.2) is 0 Å². The van der Waals surface area contributed by atoms with Gasteiger partial charge in [-0.1, -0.05) is 116 Å². The number of amides is 1. The molecular formula is C32H31Cl2NOSiTi. The number of nitrogens with one attached hydrogen (secondary N) is 1. The predicted octanol–water partition coefficient (Wildman–Crippen LogP) is 1.08. The Morgan fingerprint density at radius 1 is 0.711 bits per heavy atom. The van der Waals surface area contributed by atoms with Gasteiger partial charge in [0.25, 0.3) is 0 Å². The van der Waals surface area contributed by atoms with E-state index in [9.17, 15) is 4.79 Å². The topological polar surface area (TPSA) is 40.9 Å². The van der Waals surface area contributed by atoms with E-state index in [1.165, 1.54) is 21.1 Å². The van der Waals surface area contributed by atoms with Crippen LogP contribution in [0.1, 0.15) is 36.7 Å². The molecule has 2 radical (unpaired) electrons. The van der Waals surface area contributed by atoms with E-state index in [2.05, 4.69) is 124 Å². The Hall–Kier alpha value is -2.53. The SMILES string of the molecule is CC(C)(C)c1cccc(C([NH-])=O)c1.[Cl-].[Cl-].[Ti+4].c1ccc([Si]c2ccccc2)cc1.c1ccc2[cH-]ccc2c1. The molecule has 6 heteroatoms. The Morgan fingerprint density at radius 3 is 1.74 bits per heavy atom. The van der Waals surface area contributed by atoms with E-state index >= 15 is 0 Å². The van der Waals surface area contributed by atoms with Gasteiger partial charge in [0.2, 0.25) is 0 Å². The van der Waals surface area contributed by atoms with E-state index in [1.54, 1.807) is 12.1 Å². The van der Waals surface area contributed by atoms with Gasteiger partial charge in [0.05, 0.1) is 5.91 Å². The van der Waals surface area contributed by atoms with Crippen LogP contribution in [0.5, 0.6) is 0 Å². The number of carbonyl (C=O) groups is 1. The fraction of sp³-hybridized carbons (Fsp3) is 0.125. The van der Waals surface area contributed by atoms with Crippen LogP contribution in [0.3, 0.4) is 0 Å². The van der Waals surface area contributed by atoms with Crippen LogP contribution in [0.4, 0.5) is 0 Å². The second-order valence-electron chi connectivity index (χ2n) is 9.17. The van der Waals surface area contributed by atoms with Crippen molar-refractivity contribution >= 4 is 36.6 Å². The van der Waals surface area contributed by atoms with Gasteiger partial charge in [0.1, 0.15) is 9.52 Å². The Kier molecular flexibility index (Phi) is 16.7. The Labute approximate surface area is 256 Å². The third-order valence-electron chi connectivity index (χ3n) is 5.37. The van der Waals surface area contributed by atoms with Gasteiger partial charge in [-0.15, -0.1) is 29.7 Å². The standard InChI is InChI=1S/C12H10Si.C11H15NO.C9H7.2ClH.Ti/c1-3-7-11(8-4-1)13-12-9-5-2-6-10-12;1-11(2,3)9-6-4-5-8(7-9)10(12)13;1-2-5-9-7-3-6-8(9)4-1;;;/h1-10H;4-7H,1-3H3,(H2,12,13);1-7H;2*1H;/q;;-1;;;+4/p-3. The summed E-state index contributed by atoms with van der Waals surface area (Å²) in [6.07, 6.45) is 0. The summed E-state index contributed by atoms with van der Waals surface area (Å²) in [5.74, 6) is -0.619. The largest absolute Gasteiger partial charge is 4.00 e. The molecule has 0 spiro atoms. The quantitative estimate of drug-likeness (QED) is 0.229. The van der Waals surface area contributed by atoms with Crippen molar-refractivity contribution in [3.63, 3.8) is 0 Å². The van der Waals surface area contributed by atoms with E-state index in [0.29, 0.717) is 5.56 Å². The molecule has 5 rings (SSSR count). The number of hydrogen-bond donors (Lipinski definition) is 0. The van der Waals surface area contributed by atoms with Crippen molar-refractivity contribution in [3.8, 4) is 0 Å². The molecule has 0 aliphatic carbocycles. The zero-order chi connectivity index (χ0) is 25.1. The first kappa shape index (κ1) is 35.5. The van der Waals surface area contributed by atoms with Crippen molar-refractivity contribution in [1.82, 2.24) is 0 Å². The maximum absolute atomic E-state index is 10.8. The van der Waals surface area contributed by atoms with Crippen LogP contribution in [-0.4, -0.2) is 15.4 Å². The summed E-state index contributed by atoms with van der Waals surface area (Å²) in [6, 6.07) is 43.1. The molecule has 5 aromatic rings. The first-order chi connectivity index (χ1) is 16.8. The van der Waals surface area contributed by atoms with Crippen LogP contribution in [-0.2, 0) is 27.1 Å². The number of rotatable bonds is 3. The summed E-state index contributed by atoms with van der Waals surface area (Å²) < 4.78 is 0. The van der Waals surface area contributed by atoms with Gasteiger partial charge in [-0.05, 0) is 22.6 Å². The molecular weight excluding hydrogens is 561 g/mol. The molecule has 0 saturated carbocycles. The summed E-state index contributed by atoms with van der Waals surface area (Å²) in [4.78, 5) is 10.8. The van der Waals surface area contributed by atoms with Gasteiger partial charge in [-0.25, -0.2) is 0 Å². The van der Waals surface area contributed by atoms with E-state index < -0.39 is 5.91 Å². The van der Waals surface area contributed by atoms with E-state index in [0.717, 1.165) is 15.1 Å². The summed E-state index contributed by atoms with van der Waals surface area (Å²) in [5.41, 5.74) is 8.57. The molecule has 192 valence electrons. The molecule has 5 aromatic carbocycles. The minimum absolute atomic E-state index is 0. The Bertz CT molecular complexity index is 1270. The molecule has 38 heavy (non-hydrogen) atoms. The first-order valence-electron chi connectivity index (χ1n) is 11.7. The van der Waals surface area contributed by atoms with E-state index in [1.807, 2.05) is 12.1 Å². The molecule has 0 atom stereocenters. The van der Waals surface area contributed by atoms with Crippen LogP contribution >= 0.6 is 0 Å². The van der Waals surface area contributed by atoms with Crippen LogP contribution in [0.25, 0.3) is 16.5 Å². The fourth-order valence-corrected chi connectivity index (χ4v) is 4.46. The monoisotopic (exact) mass is 591 g/mol. The zero-order valence-electron chi connectivity index (χ0n) is 21.8. The molecule has 0 saturated heterocycles. The second-order valence-corrected chi connectivity index (χ2v) is 10.6.